The van der Waals surface area contributed by atoms with Crippen molar-refractivity contribution in [2.45, 2.75) is 76.8 Å². The Balaban J connectivity index is 1.82. The minimum absolute atomic E-state index is 0.0136. The van der Waals surface area contributed by atoms with Gasteiger partial charge in [-0.1, -0.05) is 57.9 Å². The maximum Gasteiger partial charge on any atom is 0.191 e. The van der Waals surface area contributed by atoms with Gasteiger partial charge in [0.25, 0.3) is 0 Å². The normalized spacial score (nSPS) is 13.3. The highest BCUT2D eigenvalue weighted by Gasteiger charge is 2.37. The third-order valence-corrected chi connectivity index (χ3v) is 14.4. The molecule has 0 aromatic heterocycles. The first-order valence-electron chi connectivity index (χ1n) is 17.4. The number of aliphatic hydroxyl groups is 2. The zero-order valence-electron chi connectivity index (χ0n) is 31.9. The van der Waals surface area contributed by atoms with E-state index in [1.54, 1.807) is 40.6 Å². The van der Waals surface area contributed by atoms with Gasteiger partial charge in [-0.2, -0.15) is 0 Å². The fourth-order valence-corrected chi connectivity index (χ4v) is 7.27. The van der Waals surface area contributed by atoms with Crippen LogP contribution in [0.2, 0.25) is 18.1 Å². The van der Waals surface area contributed by atoms with E-state index in [4.69, 9.17) is 37.6 Å². The standard InChI is InChI=1S/C40H56O10Si/c1-40(2,3)51(9,10)50-21-13-11-12-18-31(41)27-16-14-20-33(49-25-44-5)35(27)37(42)29-22-26(48-24-43-4)23-30-34(29)39(47-8)36-28(38(30)46-7)17-15-19-32(36)45-6/h14-17,19-20,22-23,31,37,41-42H,11-13,18,21,24-25H2,1-10H3. The van der Waals surface area contributed by atoms with Gasteiger partial charge in [0.05, 0.1) is 32.8 Å². The predicted octanol–water partition coefficient (Wildman–Crippen LogP) is 8.68. The fourth-order valence-electron chi connectivity index (χ4n) is 6.18. The molecule has 0 aliphatic rings. The summed E-state index contributed by atoms with van der Waals surface area (Å²) >= 11 is 0. The molecule has 0 fully saturated rings. The first kappa shape index (κ1) is 40.2. The van der Waals surface area contributed by atoms with Crippen molar-refractivity contribution in [2.75, 3.05) is 55.7 Å². The van der Waals surface area contributed by atoms with E-state index in [0.29, 0.717) is 74.6 Å². The molecule has 4 aromatic rings. The first-order valence-corrected chi connectivity index (χ1v) is 20.3. The average molecular weight is 725 g/mol. The molecule has 0 aliphatic heterocycles. The van der Waals surface area contributed by atoms with Crippen LogP contribution >= 0.6 is 0 Å². The monoisotopic (exact) mass is 724 g/mol. The lowest BCUT2D eigenvalue weighted by atomic mass is 9.87. The molecule has 2 N–H and O–H groups in total. The topological polar surface area (TPSA) is 114 Å². The van der Waals surface area contributed by atoms with Crippen LogP contribution in [-0.4, -0.2) is 74.3 Å². The van der Waals surface area contributed by atoms with Crippen molar-refractivity contribution < 1.29 is 47.8 Å². The molecule has 0 spiro atoms. The van der Waals surface area contributed by atoms with Gasteiger partial charge < -0.3 is 47.8 Å². The summed E-state index contributed by atoms with van der Waals surface area (Å²) in [5, 5.41) is 27.1. The number of aliphatic hydroxyl groups excluding tert-OH is 2. The Morgan fingerprint density at radius 3 is 2.00 bits per heavy atom. The number of fused-ring (bicyclic) bond motifs is 2. The van der Waals surface area contributed by atoms with Crippen LogP contribution in [0.4, 0.5) is 0 Å². The van der Waals surface area contributed by atoms with Crippen LogP contribution in [0, 0.1) is 0 Å². The molecule has 0 heterocycles. The van der Waals surface area contributed by atoms with Gasteiger partial charge in [0, 0.05) is 48.1 Å². The molecule has 2 unspecified atom stereocenters. The third kappa shape index (κ3) is 8.90. The second-order valence-electron chi connectivity index (χ2n) is 14.1. The number of hydrogen-bond donors (Lipinski definition) is 2. The van der Waals surface area contributed by atoms with Crippen molar-refractivity contribution in [2.24, 2.45) is 0 Å². The second-order valence-corrected chi connectivity index (χ2v) is 18.9. The second kappa shape index (κ2) is 17.8. The molecule has 11 heteroatoms. The summed E-state index contributed by atoms with van der Waals surface area (Å²) in [6.07, 6.45) is 0.896. The van der Waals surface area contributed by atoms with Gasteiger partial charge in [0.15, 0.2) is 21.9 Å². The van der Waals surface area contributed by atoms with Crippen LogP contribution in [0.3, 0.4) is 0 Å². The molecule has 280 valence electrons. The molecular formula is C40H56O10Si. The van der Waals surface area contributed by atoms with Crippen molar-refractivity contribution in [3.8, 4) is 28.7 Å². The fraction of sp³-hybridized carbons (Fsp3) is 0.500. The minimum Gasteiger partial charge on any atom is -0.496 e. The number of methoxy groups -OCH3 is 5. The molecule has 4 aromatic carbocycles. The first-order chi connectivity index (χ1) is 24.3. The smallest absolute Gasteiger partial charge is 0.191 e. The molecule has 0 saturated heterocycles. The molecule has 51 heavy (non-hydrogen) atoms. The van der Waals surface area contributed by atoms with Gasteiger partial charge >= 0.3 is 0 Å². The molecule has 0 bridgehead atoms. The number of ether oxygens (including phenoxy) is 7. The number of benzene rings is 4. The molecular weight excluding hydrogens is 669 g/mol. The van der Waals surface area contributed by atoms with E-state index in [9.17, 15) is 10.2 Å². The van der Waals surface area contributed by atoms with Crippen LogP contribution in [0.5, 0.6) is 28.7 Å². The van der Waals surface area contributed by atoms with E-state index < -0.39 is 20.5 Å². The Labute approximate surface area is 303 Å². The van der Waals surface area contributed by atoms with Gasteiger partial charge in [-0.3, -0.25) is 0 Å². The van der Waals surface area contributed by atoms with Gasteiger partial charge in [-0.25, -0.2) is 0 Å². The molecule has 10 nitrogen and oxygen atoms in total. The highest BCUT2D eigenvalue weighted by atomic mass is 28.4. The Bertz CT molecular complexity index is 1750. The van der Waals surface area contributed by atoms with Crippen molar-refractivity contribution in [1.29, 1.82) is 0 Å². The quantitative estimate of drug-likeness (QED) is 0.0421. The average Bonchev–Trinajstić information content (AvgIpc) is 3.11. The Morgan fingerprint density at radius 1 is 0.686 bits per heavy atom. The van der Waals surface area contributed by atoms with E-state index >= 15 is 0 Å². The van der Waals surface area contributed by atoms with Crippen LogP contribution < -0.4 is 23.7 Å². The molecule has 0 saturated carbocycles. The van der Waals surface area contributed by atoms with Crippen molar-refractivity contribution in [3.63, 3.8) is 0 Å². The molecule has 0 radical (unpaired) electrons. The van der Waals surface area contributed by atoms with E-state index in [1.165, 1.54) is 7.11 Å². The zero-order valence-corrected chi connectivity index (χ0v) is 32.9. The van der Waals surface area contributed by atoms with Gasteiger partial charge in [-0.15, -0.1) is 0 Å². The number of rotatable bonds is 19. The van der Waals surface area contributed by atoms with Crippen LogP contribution in [-0.2, 0) is 13.9 Å². The molecule has 4 rings (SSSR count). The van der Waals surface area contributed by atoms with Crippen LogP contribution in [0.1, 0.15) is 75.4 Å². The largest absolute Gasteiger partial charge is 0.496 e. The summed E-state index contributed by atoms with van der Waals surface area (Å²) in [5.74, 6) is 2.45. The van der Waals surface area contributed by atoms with E-state index in [-0.39, 0.29) is 18.6 Å². The Hall–Kier alpha value is -3.58. The highest BCUT2D eigenvalue weighted by Crippen LogP contribution is 2.51. The lowest BCUT2D eigenvalue weighted by Crippen LogP contribution is -2.40. The third-order valence-electron chi connectivity index (χ3n) is 9.83. The Kier molecular flexibility index (Phi) is 14.0. The van der Waals surface area contributed by atoms with Gasteiger partial charge in [0.2, 0.25) is 0 Å². The van der Waals surface area contributed by atoms with Crippen LogP contribution in [0.15, 0.2) is 48.5 Å². The summed E-state index contributed by atoms with van der Waals surface area (Å²) in [6, 6.07) is 14.6. The van der Waals surface area contributed by atoms with Gasteiger partial charge in [-0.05, 0) is 60.8 Å². The maximum absolute atomic E-state index is 12.6. The van der Waals surface area contributed by atoms with E-state index in [1.807, 2.05) is 36.4 Å². The highest BCUT2D eigenvalue weighted by molar-refractivity contribution is 6.74. The van der Waals surface area contributed by atoms with Gasteiger partial charge in [0.1, 0.15) is 34.9 Å². The lowest BCUT2D eigenvalue weighted by molar-refractivity contribution is 0.0479. The lowest BCUT2D eigenvalue weighted by Gasteiger charge is -2.36. The molecule has 2 atom stereocenters. The molecule has 0 aliphatic carbocycles. The maximum atomic E-state index is 12.6. The summed E-state index contributed by atoms with van der Waals surface area (Å²) in [7, 11) is 6.04. The number of hydrogen-bond acceptors (Lipinski definition) is 10. The molecule has 0 amide bonds. The minimum atomic E-state index is -1.82. The SMILES string of the molecule is COCOc1cc(C(O)c2c(OCOC)cccc2C(O)CCCCCO[Si](C)(C)C(C)(C)C)c2c(OC)c3c(OC)cccc3c(OC)c2c1. The predicted molar refractivity (Wildman–Crippen MR) is 203 cm³/mol. The summed E-state index contributed by atoms with van der Waals surface area (Å²) in [6.45, 7) is 11.9. The van der Waals surface area contributed by atoms with E-state index in [0.717, 1.165) is 24.6 Å². The Morgan fingerprint density at radius 2 is 1.35 bits per heavy atom. The van der Waals surface area contributed by atoms with Crippen molar-refractivity contribution in [3.05, 3.63) is 65.2 Å². The van der Waals surface area contributed by atoms with Crippen LogP contribution in [0.25, 0.3) is 21.5 Å². The summed E-state index contributed by atoms with van der Waals surface area (Å²) in [5.41, 5.74) is 1.41. The zero-order chi connectivity index (χ0) is 37.3. The van der Waals surface area contributed by atoms with E-state index in [2.05, 4.69) is 33.9 Å². The van der Waals surface area contributed by atoms with Crippen molar-refractivity contribution in [1.82, 2.24) is 0 Å². The van der Waals surface area contributed by atoms with Crippen molar-refractivity contribution >= 4 is 29.9 Å². The summed E-state index contributed by atoms with van der Waals surface area (Å²) in [4.78, 5) is 0. The number of unbranched alkanes of at least 4 members (excludes halogenated alkanes) is 2. The summed E-state index contributed by atoms with van der Waals surface area (Å²) < 4.78 is 46.7.